The summed E-state index contributed by atoms with van der Waals surface area (Å²) in [6.07, 6.45) is 3.79. The van der Waals surface area contributed by atoms with E-state index in [0.717, 1.165) is 29.9 Å². The number of aromatic nitrogens is 4. The molecule has 2 aromatic rings. The van der Waals surface area contributed by atoms with Gasteiger partial charge in [-0.3, -0.25) is 4.98 Å². The van der Waals surface area contributed by atoms with Crippen LogP contribution in [0, 0.1) is 6.92 Å². The summed E-state index contributed by atoms with van der Waals surface area (Å²) in [6, 6.07) is 5.98. The van der Waals surface area contributed by atoms with Crippen molar-refractivity contribution in [2.45, 2.75) is 26.3 Å². The van der Waals surface area contributed by atoms with Crippen LogP contribution in [0.25, 0.3) is 0 Å². The Morgan fingerprint density at radius 3 is 2.94 bits per heavy atom. The van der Waals surface area contributed by atoms with Crippen molar-refractivity contribution in [2.24, 2.45) is 5.73 Å². The Hall–Kier alpha value is -1.75. The monoisotopic (exact) mass is 231 g/mol. The maximum Gasteiger partial charge on any atom is 0.0849 e. The zero-order valence-corrected chi connectivity index (χ0v) is 10.0. The fourth-order valence-electron chi connectivity index (χ4n) is 1.67. The predicted octanol–water partition coefficient (Wildman–Crippen LogP) is 0.921. The second-order valence-electron chi connectivity index (χ2n) is 4.07. The Labute approximate surface area is 101 Å². The van der Waals surface area contributed by atoms with Crippen molar-refractivity contribution in [3.05, 3.63) is 41.5 Å². The van der Waals surface area contributed by atoms with E-state index in [1.807, 2.05) is 36.0 Å². The molecule has 5 nitrogen and oxygen atoms in total. The molecule has 0 unspecified atom stereocenters. The molecule has 17 heavy (non-hydrogen) atoms. The molecule has 2 rings (SSSR count). The molecule has 5 heteroatoms. The van der Waals surface area contributed by atoms with Crippen molar-refractivity contribution in [2.75, 3.05) is 6.54 Å². The van der Waals surface area contributed by atoms with Gasteiger partial charge < -0.3 is 5.73 Å². The molecule has 90 valence electrons. The Morgan fingerprint density at radius 2 is 2.18 bits per heavy atom. The summed E-state index contributed by atoms with van der Waals surface area (Å²) in [5, 5.41) is 8.18. The van der Waals surface area contributed by atoms with Crippen molar-refractivity contribution in [3.8, 4) is 0 Å². The van der Waals surface area contributed by atoms with Gasteiger partial charge in [0.05, 0.1) is 17.9 Å². The van der Waals surface area contributed by atoms with Crippen LogP contribution in [-0.2, 0) is 13.0 Å². The lowest BCUT2D eigenvalue weighted by molar-refractivity contribution is 0.637. The van der Waals surface area contributed by atoms with Crippen LogP contribution in [0.3, 0.4) is 0 Å². The minimum Gasteiger partial charge on any atom is -0.330 e. The van der Waals surface area contributed by atoms with Crippen molar-refractivity contribution in [3.63, 3.8) is 0 Å². The first kappa shape index (κ1) is 11.7. The second-order valence-corrected chi connectivity index (χ2v) is 4.07. The van der Waals surface area contributed by atoms with E-state index in [4.69, 9.17) is 5.73 Å². The highest BCUT2D eigenvalue weighted by molar-refractivity contribution is 5.10. The van der Waals surface area contributed by atoms with Crippen molar-refractivity contribution < 1.29 is 0 Å². The SMILES string of the molecule is Cc1cccc(Cn2cc(CCCN)nn2)n1. The number of hydrogen-bond donors (Lipinski definition) is 1. The first-order valence-electron chi connectivity index (χ1n) is 5.79. The fraction of sp³-hybridized carbons (Fsp3) is 0.417. The number of nitrogens with zero attached hydrogens (tertiary/aromatic N) is 4. The van der Waals surface area contributed by atoms with E-state index in [1.54, 1.807) is 0 Å². The third-order valence-corrected chi connectivity index (χ3v) is 2.49. The summed E-state index contributed by atoms with van der Waals surface area (Å²) in [5.41, 5.74) is 8.47. The smallest absolute Gasteiger partial charge is 0.0849 e. The molecule has 0 fully saturated rings. The zero-order valence-electron chi connectivity index (χ0n) is 10.0. The molecule has 0 saturated heterocycles. The van der Waals surface area contributed by atoms with Crippen LogP contribution >= 0.6 is 0 Å². The number of pyridine rings is 1. The molecule has 0 radical (unpaired) electrons. The van der Waals surface area contributed by atoms with Gasteiger partial charge in [0.25, 0.3) is 0 Å². The van der Waals surface area contributed by atoms with Gasteiger partial charge in [0.1, 0.15) is 0 Å². The van der Waals surface area contributed by atoms with Crippen molar-refractivity contribution >= 4 is 0 Å². The molecule has 2 N–H and O–H groups in total. The maximum atomic E-state index is 5.46. The maximum absolute atomic E-state index is 5.46. The first-order chi connectivity index (χ1) is 8.28. The second kappa shape index (κ2) is 5.54. The van der Waals surface area contributed by atoms with Crippen LogP contribution in [-0.4, -0.2) is 26.5 Å². The third-order valence-electron chi connectivity index (χ3n) is 2.49. The molecule has 0 bridgehead atoms. The van der Waals surface area contributed by atoms with Crippen LogP contribution in [0.2, 0.25) is 0 Å². The van der Waals surface area contributed by atoms with Gasteiger partial charge in [0.15, 0.2) is 0 Å². The van der Waals surface area contributed by atoms with Gasteiger partial charge in [0, 0.05) is 11.9 Å². The fourth-order valence-corrected chi connectivity index (χ4v) is 1.67. The molecular weight excluding hydrogens is 214 g/mol. The average Bonchev–Trinajstić information content (AvgIpc) is 2.74. The highest BCUT2D eigenvalue weighted by atomic mass is 15.4. The van der Waals surface area contributed by atoms with Crippen LogP contribution < -0.4 is 5.73 Å². The normalized spacial score (nSPS) is 10.7. The summed E-state index contributed by atoms with van der Waals surface area (Å²) in [7, 11) is 0. The molecule has 0 atom stereocenters. The van der Waals surface area contributed by atoms with Gasteiger partial charge in [-0.2, -0.15) is 0 Å². The van der Waals surface area contributed by atoms with Crippen molar-refractivity contribution in [1.82, 2.24) is 20.0 Å². The Bertz CT molecular complexity index is 477. The van der Waals surface area contributed by atoms with Gasteiger partial charge in [-0.15, -0.1) is 5.10 Å². The number of aryl methyl sites for hydroxylation is 2. The van der Waals surface area contributed by atoms with Gasteiger partial charge in [-0.05, 0) is 38.4 Å². The molecule has 0 spiro atoms. The lowest BCUT2D eigenvalue weighted by Crippen LogP contribution is -2.03. The lowest BCUT2D eigenvalue weighted by atomic mass is 10.2. The number of rotatable bonds is 5. The van der Waals surface area contributed by atoms with Crippen LogP contribution in [0.4, 0.5) is 0 Å². The summed E-state index contributed by atoms with van der Waals surface area (Å²) < 4.78 is 1.81. The van der Waals surface area contributed by atoms with Crippen LogP contribution in [0.5, 0.6) is 0 Å². The van der Waals surface area contributed by atoms with E-state index < -0.39 is 0 Å². The average molecular weight is 231 g/mol. The van der Waals surface area contributed by atoms with Crippen LogP contribution in [0.15, 0.2) is 24.4 Å². The van der Waals surface area contributed by atoms with Gasteiger partial charge in [-0.1, -0.05) is 11.3 Å². The van der Waals surface area contributed by atoms with Crippen LogP contribution in [0.1, 0.15) is 23.5 Å². The molecule has 0 saturated carbocycles. The van der Waals surface area contributed by atoms with E-state index in [2.05, 4.69) is 15.3 Å². The molecule has 0 aromatic carbocycles. The van der Waals surface area contributed by atoms with Gasteiger partial charge in [0.2, 0.25) is 0 Å². The van der Waals surface area contributed by atoms with E-state index in [9.17, 15) is 0 Å². The van der Waals surface area contributed by atoms with Crippen molar-refractivity contribution in [1.29, 1.82) is 0 Å². The third kappa shape index (κ3) is 3.35. The summed E-state index contributed by atoms with van der Waals surface area (Å²) >= 11 is 0. The summed E-state index contributed by atoms with van der Waals surface area (Å²) in [6.45, 7) is 3.33. The summed E-state index contributed by atoms with van der Waals surface area (Å²) in [5.74, 6) is 0. The minimum absolute atomic E-state index is 0.664. The quantitative estimate of drug-likeness (QED) is 0.830. The van der Waals surface area contributed by atoms with Gasteiger partial charge >= 0.3 is 0 Å². The summed E-state index contributed by atoms with van der Waals surface area (Å²) in [4.78, 5) is 4.43. The highest BCUT2D eigenvalue weighted by Crippen LogP contribution is 2.02. The highest BCUT2D eigenvalue weighted by Gasteiger charge is 2.02. The molecule has 0 aliphatic rings. The molecule has 0 aliphatic heterocycles. The lowest BCUT2D eigenvalue weighted by Gasteiger charge is -2.00. The molecule has 0 aliphatic carbocycles. The predicted molar refractivity (Wildman–Crippen MR) is 65.5 cm³/mol. The number of nitrogens with two attached hydrogens (primary N) is 1. The molecule has 0 amide bonds. The Kier molecular flexibility index (Phi) is 3.82. The zero-order chi connectivity index (χ0) is 12.1. The molecular formula is C12H17N5. The van der Waals surface area contributed by atoms with E-state index >= 15 is 0 Å². The number of hydrogen-bond acceptors (Lipinski definition) is 4. The van der Waals surface area contributed by atoms with E-state index in [-0.39, 0.29) is 0 Å². The Morgan fingerprint density at radius 1 is 1.29 bits per heavy atom. The largest absolute Gasteiger partial charge is 0.330 e. The topological polar surface area (TPSA) is 69.6 Å². The van der Waals surface area contributed by atoms with Gasteiger partial charge in [-0.25, -0.2) is 4.68 Å². The van der Waals surface area contributed by atoms with E-state index in [1.165, 1.54) is 0 Å². The molecule has 2 aromatic heterocycles. The molecule has 2 heterocycles. The minimum atomic E-state index is 0.664. The van der Waals surface area contributed by atoms with E-state index in [0.29, 0.717) is 13.1 Å². The first-order valence-corrected chi connectivity index (χ1v) is 5.79. The standard InChI is InChI=1S/C12H17N5/c1-10-4-2-5-11(14-10)8-17-9-12(15-16-17)6-3-7-13/h2,4-5,9H,3,6-8,13H2,1H3. The Balaban J connectivity index is 2.01.